The molecule has 2 amide bonds. The number of hydrogen-bond acceptors (Lipinski definition) is 9. The van der Waals surface area contributed by atoms with E-state index in [0.29, 0.717) is 5.75 Å². The molecule has 3 aliphatic rings. The maximum absolute atomic E-state index is 13.6. The molecule has 4 rings (SSSR count). The third-order valence-corrected chi connectivity index (χ3v) is 8.76. The molecule has 11 heteroatoms. The van der Waals surface area contributed by atoms with Gasteiger partial charge in [0.15, 0.2) is 0 Å². The minimum atomic E-state index is -1.45. The number of rotatable bonds is 6. The summed E-state index contributed by atoms with van der Waals surface area (Å²) in [7, 11) is 4.57. The first-order valence-corrected chi connectivity index (χ1v) is 11.2. The van der Waals surface area contributed by atoms with E-state index in [4.69, 9.17) is 14.2 Å². The van der Waals surface area contributed by atoms with Gasteiger partial charge in [-0.15, -0.1) is 23.5 Å². The third-order valence-electron chi connectivity index (χ3n) is 5.30. The Kier molecular flexibility index (Phi) is 6.47. The van der Waals surface area contributed by atoms with Crippen molar-refractivity contribution < 1.29 is 33.4 Å². The molecule has 3 aliphatic heterocycles. The fourth-order valence-corrected chi connectivity index (χ4v) is 7.11. The van der Waals surface area contributed by atoms with E-state index in [1.165, 1.54) is 61.3 Å². The van der Waals surface area contributed by atoms with Crippen LogP contribution in [-0.4, -0.2) is 77.7 Å². The van der Waals surface area contributed by atoms with E-state index < -0.39 is 38.1 Å². The number of amides is 2. The van der Waals surface area contributed by atoms with Gasteiger partial charge in [-0.2, -0.15) is 0 Å². The number of carbonyl (C=O) groups is 4. The molecule has 0 saturated carbocycles. The maximum Gasteiger partial charge on any atom is 0.302 e. The Bertz CT molecular complexity index is 859. The zero-order chi connectivity index (χ0) is 23.0. The van der Waals surface area contributed by atoms with Crippen LogP contribution in [0.4, 0.5) is 0 Å². The summed E-state index contributed by atoms with van der Waals surface area (Å²) in [4.78, 5) is 49.9. The minimum absolute atomic E-state index is 0.296. The van der Waals surface area contributed by atoms with Gasteiger partial charge >= 0.3 is 11.9 Å². The number of fused-ring (bicyclic) bond motifs is 4. The molecule has 3 heterocycles. The number of methoxy groups -OCH3 is 1. The Balaban J connectivity index is 2.12. The molecular weight excluding hydrogens is 444 g/mol. The highest BCUT2D eigenvalue weighted by atomic mass is 32.2. The lowest BCUT2D eigenvalue weighted by molar-refractivity contribution is -0.172. The summed E-state index contributed by atoms with van der Waals surface area (Å²) >= 11 is 2.45. The van der Waals surface area contributed by atoms with E-state index in [9.17, 15) is 19.2 Å². The Labute approximate surface area is 188 Å². The van der Waals surface area contributed by atoms with Gasteiger partial charge in [-0.3, -0.25) is 19.2 Å². The standard InChI is InChI=1S/C20H24N2O7S2/c1-12(23)28-10-19-17(25)22(4)20(11-29-13(2)24,18(26)21(19)3)31-16(30-19)14-6-8-15(27-5)9-7-14/h6-9,16H,10-11H2,1-5H3/t19-,20-/m0/s1. The minimum Gasteiger partial charge on any atom is -0.497 e. The molecule has 0 spiro atoms. The van der Waals surface area contributed by atoms with Gasteiger partial charge in [0, 0.05) is 27.9 Å². The molecule has 9 nitrogen and oxygen atoms in total. The number of likely N-dealkylation sites (N-methyl/N-ethyl adjacent to an activating group) is 2. The fourth-order valence-electron chi connectivity index (χ4n) is 3.46. The van der Waals surface area contributed by atoms with E-state index >= 15 is 0 Å². The average Bonchev–Trinajstić information content (AvgIpc) is 2.91. The number of piperazine rings is 1. The topological polar surface area (TPSA) is 102 Å². The number of benzene rings is 1. The average molecular weight is 469 g/mol. The molecule has 0 aliphatic carbocycles. The molecule has 0 unspecified atom stereocenters. The first kappa shape index (κ1) is 23.3. The predicted octanol–water partition coefficient (Wildman–Crippen LogP) is 1.62. The first-order valence-electron chi connectivity index (χ1n) is 9.40. The number of nitrogens with zero attached hydrogens (tertiary/aromatic N) is 2. The lowest BCUT2D eigenvalue weighted by atomic mass is 10.1. The van der Waals surface area contributed by atoms with Crippen LogP contribution in [0.5, 0.6) is 5.75 Å². The van der Waals surface area contributed by atoms with Gasteiger partial charge < -0.3 is 24.0 Å². The Morgan fingerprint density at radius 2 is 1.32 bits per heavy atom. The lowest BCUT2D eigenvalue weighted by Gasteiger charge is -2.50. The van der Waals surface area contributed by atoms with Crippen LogP contribution in [0, 0.1) is 0 Å². The number of esters is 2. The van der Waals surface area contributed by atoms with Crippen LogP contribution in [0.15, 0.2) is 24.3 Å². The zero-order valence-corrected chi connectivity index (χ0v) is 19.5. The third kappa shape index (κ3) is 3.96. The summed E-state index contributed by atoms with van der Waals surface area (Å²) in [5.74, 6) is -1.25. The van der Waals surface area contributed by atoms with Crippen LogP contribution in [0.2, 0.25) is 0 Å². The summed E-state index contributed by atoms with van der Waals surface area (Å²) in [5.41, 5.74) is 0.835. The van der Waals surface area contributed by atoms with Gasteiger partial charge in [0.05, 0.1) is 11.7 Å². The number of thioether (sulfide) groups is 2. The number of hydrogen-bond donors (Lipinski definition) is 0. The van der Waals surface area contributed by atoms with Crippen LogP contribution >= 0.6 is 23.5 Å². The van der Waals surface area contributed by atoms with Gasteiger partial charge in [-0.1, -0.05) is 12.1 Å². The van der Waals surface area contributed by atoms with Crippen LogP contribution in [-0.2, 0) is 28.7 Å². The van der Waals surface area contributed by atoms with Crippen molar-refractivity contribution in [2.45, 2.75) is 28.2 Å². The predicted molar refractivity (Wildman–Crippen MR) is 115 cm³/mol. The van der Waals surface area contributed by atoms with Crippen molar-refractivity contribution in [2.75, 3.05) is 34.4 Å². The first-order chi connectivity index (χ1) is 14.6. The highest BCUT2D eigenvalue weighted by Gasteiger charge is 2.67. The summed E-state index contributed by atoms with van der Waals surface area (Å²) in [6.45, 7) is 1.90. The Hall–Kier alpha value is -2.40. The molecule has 0 radical (unpaired) electrons. The van der Waals surface area contributed by atoms with Crippen LogP contribution < -0.4 is 4.74 Å². The van der Waals surface area contributed by atoms with Crippen molar-refractivity contribution in [2.24, 2.45) is 0 Å². The van der Waals surface area contributed by atoms with E-state index in [-0.39, 0.29) is 13.2 Å². The second-order valence-electron chi connectivity index (χ2n) is 7.20. The van der Waals surface area contributed by atoms with E-state index in [1.807, 2.05) is 12.1 Å². The lowest BCUT2D eigenvalue weighted by Crippen LogP contribution is -2.74. The maximum atomic E-state index is 13.6. The molecule has 2 atom stereocenters. The molecule has 1 aromatic carbocycles. The van der Waals surface area contributed by atoms with Gasteiger partial charge in [-0.05, 0) is 17.7 Å². The Morgan fingerprint density at radius 1 is 0.903 bits per heavy atom. The summed E-state index contributed by atoms with van der Waals surface area (Å²) in [5, 5.41) is 0. The van der Waals surface area contributed by atoms with Gasteiger partial charge in [-0.25, -0.2) is 0 Å². The van der Waals surface area contributed by atoms with E-state index in [1.54, 1.807) is 19.2 Å². The quantitative estimate of drug-likeness (QED) is 0.576. The second kappa shape index (κ2) is 8.62. The van der Waals surface area contributed by atoms with Crippen LogP contribution in [0.1, 0.15) is 24.0 Å². The van der Waals surface area contributed by atoms with E-state index in [2.05, 4.69) is 0 Å². The van der Waals surface area contributed by atoms with E-state index in [0.717, 1.165) is 5.56 Å². The zero-order valence-electron chi connectivity index (χ0n) is 17.9. The fraction of sp³-hybridized carbons (Fsp3) is 0.500. The van der Waals surface area contributed by atoms with Gasteiger partial charge in [0.25, 0.3) is 11.8 Å². The second-order valence-corrected chi connectivity index (χ2v) is 10.3. The largest absolute Gasteiger partial charge is 0.497 e. The summed E-state index contributed by atoms with van der Waals surface area (Å²) in [6, 6.07) is 7.28. The van der Waals surface area contributed by atoms with Crippen LogP contribution in [0.3, 0.4) is 0 Å². The smallest absolute Gasteiger partial charge is 0.302 e. The molecule has 31 heavy (non-hydrogen) atoms. The number of carbonyl (C=O) groups excluding carboxylic acids is 4. The summed E-state index contributed by atoms with van der Waals surface area (Å²) in [6.07, 6.45) is 0. The Morgan fingerprint density at radius 3 is 1.68 bits per heavy atom. The molecule has 3 fully saturated rings. The van der Waals surface area contributed by atoms with Gasteiger partial charge in [0.1, 0.15) is 19.0 Å². The molecule has 1 aromatic rings. The molecule has 3 saturated heterocycles. The molecular formula is C20H24N2O7S2. The van der Waals surface area contributed by atoms with Crippen molar-refractivity contribution >= 4 is 47.3 Å². The highest BCUT2D eigenvalue weighted by molar-refractivity contribution is 8.18. The van der Waals surface area contributed by atoms with Gasteiger partial charge in [0.2, 0.25) is 9.74 Å². The molecule has 0 N–H and O–H groups in total. The van der Waals surface area contributed by atoms with Crippen molar-refractivity contribution in [1.82, 2.24) is 9.80 Å². The monoisotopic (exact) mass is 468 g/mol. The number of ether oxygens (including phenoxy) is 3. The SMILES string of the molecule is COc1ccc(C2S[C@@]3(COC(C)=O)C(=O)N(C)[C@@](COC(C)=O)(S2)C(=O)N3C)cc1. The molecule has 2 bridgehead atoms. The van der Waals surface area contributed by atoms with Crippen molar-refractivity contribution in [1.29, 1.82) is 0 Å². The van der Waals surface area contributed by atoms with Crippen LogP contribution in [0.25, 0.3) is 0 Å². The van der Waals surface area contributed by atoms with Crippen molar-refractivity contribution in [3.63, 3.8) is 0 Å². The molecule has 168 valence electrons. The highest BCUT2D eigenvalue weighted by Crippen LogP contribution is 2.60. The van der Waals surface area contributed by atoms with Crippen molar-refractivity contribution in [3.05, 3.63) is 29.8 Å². The summed E-state index contributed by atoms with van der Waals surface area (Å²) < 4.78 is 15.3. The molecule has 0 aromatic heterocycles. The normalized spacial score (nSPS) is 27.7. The van der Waals surface area contributed by atoms with Crippen molar-refractivity contribution in [3.8, 4) is 5.75 Å².